The van der Waals surface area contributed by atoms with Crippen LogP contribution in [0.1, 0.15) is 24.0 Å². The molecular weight excluding hydrogens is 467 g/mol. The van der Waals surface area contributed by atoms with Gasteiger partial charge in [0.05, 0.1) is 5.69 Å². The van der Waals surface area contributed by atoms with Gasteiger partial charge in [0.2, 0.25) is 5.91 Å². The Morgan fingerprint density at radius 2 is 1.74 bits per heavy atom. The average molecular weight is 489 g/mol. The lowest BCUT2D eigenvalue weighted by Crippen LogP contribution is -2.32. The maximum Gasteiger partial charge on any atom is 0.573 e. The molecule has 2 N–H and O–H groups in total. The van der Waals surface area contributed by atoms with E-state index in [-0.39, 0.29) is 29.4 Å². The van der Waals surface area contributed by atoms with Crippen molar-refractivity contribution in [1.29, 1.82) is 0 Å². The summed E-state index contributed by atoms with van der Waals surface area (Å²) in [5, 5.41) is 9.87. The van der Waals surface area contributed by atoms with E-state index in [0.717, 1.165) is 29.7 Å². The molecule has 0 atom stereocenters. The van der Waals surface area contributed by atoms with E-state index in [1.165, 1.54) is 36.0 Å². The average Bonchev–Trinajstić information content (AvgIpc) is 2.83. The van der Waals surface area contributed by atoms with Gasteiger partial charge in [0.25, 0.3) is 11.1 Å². The van der Waals surface area contributed by atoms with E-state index >= 15 is 0 Å². The topological polar surface area (TPSA) is 107 Å². The van der Waals surface area contributed by atoms with Crippen LogP contribution in [0.25, 0.3) is 5.69 Å². The standard InChI is InChI=1S/C23H22F3N5O4/c1-27-19(32)13-30-12-4-7-18(22(30)34)28-20-16-5-2-3-6-17(16)21(33)31(29-20)14-8-10-15(11-9-14)35-23(24,25)26/h4,7-12H,2-3,5-6,13H2,1H3,(H,27,32)(H,28,29). The molecule has 1 amide bonds. The van der Waals surface area contributed by atoms with Crippen molar-refractivity contribution >= 4 is 17.4 Å². The number of ether oxygens (including phenoxy) is 1. The minimum Gasteiger partial charge on any atom is -0.406 e. The Kier molecular flexibility index (Phi) is 6.63. The van der Waals surface area contributed by atoms with E-state index in [2.05, 4.69) is 20.5 Å². The first-order valence-corrected chi connectivity index (χ1v) is 10.8. The third-order valence-corrected chi connectivity index (χ3v) is 5.59. The largest absolute Gasteiger partial charge is 0.573 e. The molecule has 1 aromatic carbocycles. The molecule has 35 heavy (non-hydrogen) atoms. The van der Waals surface area contributed by atoms with E-state index in [1.807, 2.05) is 0 Å². The second-order valence-corrected chi connectivity index (χ2v) is 7.92. The van der Waals surface area contributed by atoms with Crippen LogP contribution in [0.3, 0.4) is 0 Å². The normalized spacial score (nSPS) is 13.1. The van der Waals surface area contributed by atoms with Crippen molar-refractivity contribution in [3.63, 3.8) is 0 Å². The molecule has 3 aromatic rings. The molecule has 4 rings (SSSR count). The third kappa shape index (κ3) is 5.36. The molecule has 0 spiro atoms. The van der Waals surface area contributed by atoms with Crippen LogP contribution in [-0.2, 0) is 24.2 Å². The highest BCUT2D eigenvalue weighted by Crippen LogP contribution is 2.27. The summed E-state index contributed by atoms with van der Waals surface area (Å²) in [5.41, 5.74) is 0.803. The number of nitrogens with one attached hydrogen (secondary N) is 2. The summed E-state index contributed by atoms with van der Waals surface area (Å²) in [7, 11) is 1.47. The van der Waals surface area contributed by atoms with Gasteiger partial charge in [-0.2, -0.15) is 4.68 Å². The van der Waals surface area contributed by atoms with Crippen molar-refractivity contribution < 1.29 is 22.7 Å². The first kappa shape index (κ1) is 24.0. The predicted molar refractivity (Wildman–Crippen MR) is 121 cm³/mol. The number of nitrogens with zero attached hydrogens (tertiary/aromatic N) is 3. The number of anilines is 2. The zero-order valence-corrected chi connectivity index (χ0v) is 18.7. The van der Waals surface area contributed by atoms with Gasteiger partial charge in [-0.3, -0.25) is 14.4 Å². The number of likely N-dealkylation sites (N-methyl/N-ethyl adjacent to an activating group) is 1. The van der Waals surface area contributed by atoms with Crippen molar-refractivity contribution in [1.82, 2.24) is 19.7 Å². The fraction of sp³-hybridized carbons (Fsp3) is 0.304. The van der Waals surface area contributed by atoms with E-state index in [1.54, 1.807) is 6.07 Å². The van der Waals surface area contributed by atoms with Gasteiger partial charge < -0.3 is 19.9 Å². The molecule has 0 bridgehead atoms. The molecular formula is C23H22F3N5O4. The van der Waals surface area contributed by atoms with Crippen LogP contribution in [0.2, 0.25) is 0 Å². The molecule has 2 heterocycles. The lowest BCUT2D eigenvalue weighted by molar-refractivity contribution is -0.274. The molecule has 0 saturated heterocycles. The van der Waals surface area contributed by atoms with E-state index in [0.29, 0.717) is 29.8 Å². The molecule has 0 saturated carbocycles. The van der Waals surface area contributed by atoms with Crippen molar-refractivity contribution in [2.75, 3.05) is 12.4 Å². The maximum atomic E-state index is 13.2. The Balaban J connectivity index is 1.75. The molecule has 12 heteroatoms. The Morgan fingerprint density at radius 3 is 2.40 bits per heavy atom. The van der Waals surface area contributed by atoms with Crippen LogP contribution in [0.5, 0.6) is 5.75 Å². The molecule has 1 aliphatic carbocycles. The van der Waals surface area contributed by atoms with Gasteiger partial charge in [0.15, 0.2) is 5.82 Å². The summed E-state index contributed by atoms with van der Waals surface area (Å²) in [6.07, 6.45) is -0.619. The van der Waals surface area contributed by atoms with Gasteiger partial charge in [-0.15, -0.1) is 18.3 Å². The van der Waals surface area contributed by atoms with Crippen molar-refractivity contribution in [2.24, 2.45) is 0 Å². The van der Waals surface area contributed by atoms with Gasteiger partial charge in [-0.1, -0.05) is 0 Å². The molecule has 184 valence electrons. The van der Waals surface area contributed by atoms with E-state index in [9.17, 15) is 27.6 Å². The molecule has 2 aromatic heterocycles. The monoisotopic (exact) mass is 489 g/mol. The van der Waals surface area contributed by atoms with Gasteiger partial charge >= 0.3 is 6.36 Å². The highest BCUT2D eigenvalue weighted by Gasteiger charge is 2.31. The van der Waals surface area contributed by atoms with Crippen LogP contribution in [-0.4, -0.2) is 33.7 Å². The predicted octanol–water partition coefficient (Wildman–Crippen LogP) is 2.66. The summed E-state index contributed by atoms with van der Waals surface area (Å²) in [4.78, 5) is 37.8. The second-order valence-electron chi connectivity index (χ2n) is 7.92. The first-order valence-electron chi connectivity index (χ1n) is 10.8. The lowest BCUT2D eigenvalue weighted by atomic mass is 9.93. The highest BCUT2D eigenvalue weighted by atomic mass is 19.4. The number of amides is 1. The number of aromatic nitrogens is 3. The Morgan fingerprint density at radius 1 is 1.06 bits per heavy atom. The summed E-state index contributed by atoms with van der Waals surface area (Å²) in [6, 6.07) is 7.93. The van der Waals surface area contributed by atoms with E-state index in [4.69, 9.17) is 0 Å². The summed E-state index contributed by atoms with van der Waals surface area (Å²) in [6.45, 7) is -0.164. The third-order valence-electron chi connectivity index (χ3n) is 5.59. The highest BCUT2D eigenvalue weighted by molar-refractivity contribution is 5.75. The van der Waals surface area contributed by atoms with Gasteiger partial charge in [0.1, 0.15) is 18.0 Å². The molecule has 0 unspecified atom stereocenters. The molecule has 0 radical (unpaired) electrons. The summed E-state index contributed by atoms with van der Waals surface area (Å²) < 4.78 is 43.7. The van der Waals surface area contributed by atoms with Crippen molar-refractivity contribution in [3.05, 3.63) is 74.4 Å². The van der Waals surface area contributed by atoms with Crippen LogP contribution in [0, 0.1) is 0 Å². The van der Waals surface area contributed by atoms with Gasteiger partial charge in [-0.05, 0) is 62.1 Å². The lowest BCUT2D eigenvalue weighted by Gasteiger charge is -2.21. The molecule has 1 aliphatic rings. The van der Waals surface area contributed by atoms with Crippen molar-refractivity contribution in [2.45, 2.75) is 38.6 Å². The SMILES string of the molecule is CNC(=O)Cn1cccc(Nc2nn(-c3ccc(OC(F)(F)F)cc3)c(=O)c3c2CCCC3)c1=O. The van der Waals surface area contributed by atoms with E-state index < -0.39 is 17.7 Å². The fourth-order valence-corrected chi connectivity index (χ4v) is 3.92. The number of rotatable bonds is 6. The number of hydrogen-bond donors (Lipinski definition) is 2. The summed E-state index contributed by atoms with van der Waals surface area (Å²) >= 11 is 0. The fourth-order valence-electron chi connectivity index (χ4n) is 3.92. The number of carbonyl (C=O) groups is 1. The smallest absolute Gasteiger partial charge is 0.406 e. The minimum absolute atomic E-state index is 0.163. The van der Waals surface area contributed by atoms with Gasteiger partial charge in [0, 0.05) is 24.4 Å². The maximum absolute atomic E-state index is 13.2. The van der Waals surface area contributed by atoms with Crippen LogP contribution >= 0.6 is 0 Å². The number of fused-ring (bicyclic) bond motifs is 1. The number of alkyl halides is 3. The Hall–Kier alpha value is -4.09. The first-order chi connectivity index (χ1) is 16.7. The van der Waals surface area contributed by atoms with Gasteiger partial charge in [-0.25, -0.2) is 0 Å². The quantitative estimate of drug-likeness (QED) is 0.552. The second kappa shape index (κ2) is 9.65. The van der Waals surface area contributed by atoms with Crippen LogP contribution in [0.4, 0.5) is 24.7 Å². The number of hydrogen-bond acceptors (Lipinski definition) is 6. The zero-order valence-electron chi connectivity index (χ0n) is 18.7. The molecule has 0 fully saturated rings. The Bertz CT molecular complexity index is 1360. The number of benzene rings is 1. The molecule has 0 aliphatic heterocycles. The van der Waals surface area contributed by atoms with Crippen LogP contribution in [0.15, 0.2) is 52.2 Å². The Labute approximate surface area is 197 Å². The number of halogens is 3. The zero-order chi connectivity index (χ0) is 25.2. The number of pyridine rings is 1. The minimum atomic E-state index is -4.83. The van der Waals surface area contributed by atoms with Crippen LogP contribution < -0.4 is 26.5 Å². The molecule has 9 nitrogen and oxygen atoms in total. The van der Waals surface area contributed by atoms with Crippen molar-refractivity contribution in [3.8, 4) is 11.4 Å². The number of carbonyl (C=O) groups excluding carboxylic acids is 1. The summed E-state index contributed by atoms with van der Waals surface area (Å²) in [5.74, 6) is -0.470.